The highest BCUT2D eigenvalue weighted by Crippen LogP contribution is 2.16. The van der Waals surface area contributed by atoms with Crippen LogP contribution >= 0.6 is 0 Å². The first-order chi connectivity index (χ1) is 7.18. The highest BCUT2D eigenvalue weighted by molar-refractivity contribution is 5.62. The van der Waals surface area contributed by atoms with Gasteiger partial charge in [0.05, 0.1) is 5.56 Å². The molecule has 0 saturated carbocycles. The fourth-order valence-electron chi connectivity index (χ4n) is 1.30. The molecule has 1 aromatic carbocycles. The van der Waals surface area contributed by atoms with Crippen molar-refractivity contribution in [3.05, 3.63) is 56.9 Å². The predicted molar refractivity (Wildman–Crippen MR) is 53.1 cm³/mol. The Bertz CT molecular complexity index is 601. The average molecular weight is 206 g/mol. The van der Waals surface area contributed by atoms with Crippen molar-refractivity contribution < 1.29 is 4.39 Å². The molecular formula is C10H7FN2O2. The van der Waals surface area contributed by atoms with Crippen molar-refractivity contribution in [3.8, 4) is 11.1 Å². The molecule has 15 heavy (non-hydrogen) atoms. The first-order valence-electron chi connectivity index (χ1n) is 4.25. The quantitative estimate of drug-likeness (QED) is 0.727. The summed E-state index contributed by atoms with van der Waals surface area (Å²) in [6.07, 6.45) is 0. The van der Waals surface area contributed by atoms with Gasteiger partial charge in [-0.25, -0.2) is 4.39 Å². The van der Waals surface area contributed by atoms with E-state index in [1.807, 2.05) is 0 Å². The lowest BCUT2D eigenvalue weighted by molar-refractivity contribution is 0.631. The molecule has 0 aliphatic heterocycles. The molecule has 1 aromatic heterocycles. The van der Waals surface area contributed by atoms with E-state index in [1.165, 1.54) is 18.2 Å². The number of aromatic nitrogens is 2. The molecule has 2 aromatic rings. The van der Waals surface area contributed by atoms with Crippen molar-refractivity contribution in [3.63, 3.8) is 0 Å². The minimum absolute atomic E-state index is 0.0249. The van der Waals surface area contributed by atoms with Crippen LogP contribution in [0.15, 0.2) is 39.9 Å². The summed E-state index contributed by atoms with van der Waals surface area (Å²) in [6, 6.07) is 6.85. The van der Waals surface area contributed by atoms with Gasteiger partial charge in [0.15, 0.2) is 0 Å². The van der Waals surface area contributed by atoms with E-state index >= 15 is 0 Å². The van der Waals surface area contributed by atoms with Crippen LogP contribution in [0, 0.1) is 5.82 Å². The largest absolute Gasteiger partial charge is 0.270 e. The Kier molecular flexibility index (Phi) is 2.21. The van der Waals surface area contributed by atoms with E-state index in [9.17, 15) is 14.0 Å². The minimum atomic E-state index is -0.534. The third-order valence-corrected chi connectivity index (χ3v) is 1.98. The second-order valence-corrected chi connectivity index (χ2v) is 2.98. The summed E-state index contributed by atoms with van der Waals surface area (Å²) in [5.41, 5.74) is -0.866. The van der Waals surface area contributed by atoms with E-state index in [1.54, 1.807) is 6.07 Å². The summed E-state index contributed by atoms with van der Waals surface area (Å²) >= 11 is 0. The fraction of sp³-hybridized carbons (Fsp3) is 0. The molecule has 0 radical (unpaired) electrons. The minimum Gasteiger partial charge on any atom is -0.268 e. The molecule has 2 N–H and O–H groups in total. The van der Waals surface area contributed by atoms with Gasteiger partial charge < -0.3 is 0 Å². The Balaban J connectivity index is 2.75. The number of H-pyrrole nitrogens is 2. The molecule has 0 spiro atoms. The van der Waals surface area contributed by atoms with Gasteiger partial charge in [-0.05, 0) is 6.07 Å². The molecule has 1 heterocycles. The Morgan fingerprint density at radius 1 is 1.00 bits per heavy atom. The molecule has 0 bridgehead atoms. The number of nitrogens with one attached hydrogen (secondary N) is 2. The Labute approximate surface area is 83.4 Å². The number of benzene rings is 1. The van der Waals surface area contributed by atoms with Gasteiger partial charge in [0.25, 0.3) is 11.1 Å². The molecule has 0 unspecified atom stereocenters. The lowest BCUT2D eigenvalue weighted by atomic mass is 10.1. The van der Waals surface area contributed by atoms with Gasteiger partial charge in [0.1, 0.15) is 5.82 Å². The molecule has 0 saturated heterocycles. The molecule has 4 nitrogen and oxygen atoms in total. The van der Waals surface area contributed by atoms with Crippen LogP contribution in [0.4, 0.5) is 4.39 Å². The van der Waals surface area contributed by atoms with Gasteiger partial charge in [-0.2, -0.15) is 0 Å². The summed E-state index contributed by atoms with van der Waals surface area (Å²) in [4.78, 5) is 22.3. The molecule has 0 fully saturated rings. The Morgan fingerprint density at radius 3 is 2.47 bits per heavy atom. The highest BCUT2D eigenvalue weighted by atomic mass is 19.1. The molecule has 0 aliphatic rings. The van der Waals surface area contributed by atoms with Gasteiger partial charge in [-0.1, -0.05) is 18.2 Å². The molecule has 5 heteroatoms. The zero-order valence-electron chi connectivity index (χ0n) is 7.58. The number of halogens is 1. The zero-order valence-corrected chi connectivity index (χ0v) is 7.58. The van der Waals surface area contributed by atoms with Crippen molar-refractivity contribution in [1.29, 1.82) is 0 Å². The Hall–Kier alpha value is -2.17. The maximum absolute atomic E-state index is 13.3. The average Bonchev–Trinajstić information content (AvgIpc) is 2.23. The third-order valence-electron chi connectivity index (χ3n) is 1.98. The third kappa shape index (κ3) is 1.71. The molecule has 0 amide bonds. The summed E-state index contributed by atoms with van der Waals surface area (Å²) in [7, 11) is 0. The van der Waals surface area contributed by atoms with Crippen LogP contribution in [0.25, 0.3) is 11.1 Å². The lowest BCUT2D eigenvalue weighted by Crippen LogP contribution is -2.19. The van der Waals surface area contributed by atoms with Crippen molar-refractivity contribution in [1.82, 2.24) is 10.2 Å². The summed E-state index contributed by atoms with van der Waals surface area (Å²) in [5.74, 6) is -0.534. The monoisotopic (exact) mass is 206 g/mol. The predicted octanol–water partition coefficient (Wildman–Crippen LogP) is 0.869. The van der Waals surface area contributed by atoms with Crippen LogP contribution in [0.3, 0.4) is 0 Å². The first-order valence-corrected chi connectivity index (χ1v) is 4.25. The normalized spacial score (nSPS) is 10.2. The fourth-order valence-corrected chi connectivity index (χ4v) is 1.30. The molecule has 76 valence electrons. The van der Waals surface area contributed by atoms with Crippen molar-refractivity contribution >= 4 is 0 Å². The van der Waals surface area contributed by atoms with Crippen molar-refractivity contribution in [2.45, 2.75) is 0 Å². The van der Waals surface area contributed by atoms with Gasteiger partial charge >= 0.3 is 0 Å². The van der Waals surface area contributed by atoms with Crippen LogP contribution in [0.2, 0.25) is 0 Å². The van der Waals surface area contributed by atoms with E-state index in [0.717, 1.165) is 6.07 Å². The van der Waals surface area contributed by atoms with E-state index in [0.29, 0.717) is 0 Å². The number of aromatic amines is 2. The van der Waals surface area contributed by atoms with E-state index in [-0.39, 0.29) is 11.1 Å². The van der Waals surface area contributed by atoms with Crippen LogP contribution in [0.5, 0.6) is 0 Å². The van der Waals surface area contributed by atoms with E-state index in [2.05, 4.69) is 10.2 Å². The Morgan fingerprint density at radius 2 is 1.73 bits per heavy atom. The lowest BCUT2D eigenvalue weighted by Gasteiger charge is -2.00. The van der Waals surface area contributed by atoms with Crippen LogP contribution in [-0.4, -0.2) is 10.2 Å². The van der Waals surface area contributed by atoms with E-state index < -0.39 is 16.9 Å². The van der Waals surface area contributed by atoms with Crippen molar-refractivity contribution in [2.75, 3.05) is 0 Å². The van der Waals surface area contributed by atoms with Gasteiger partial charge in [0, 0.05) is 11.6 Å². The number of rotatable bonds is 1. The van der Waals surface area contributed by atoms with Gasteiger partial charge in [-0.15, -0.1) is 0 Å². The first kappa shape index (κ1) is 9.39. The summed E-state index contributed by atoms with van der Waals surface area (Å²) < 4.78 is 13.3. The molecular weight excluding hydrogens is 199 g/mol. The smallest absolute Gasteiger partial charge is 0.268 e. The SMILES string of the molecule is O=c1cc(-c2ccccc2F)c(=O)[nH][nH]1. The standard InChI is InChI=1S/C10H7FN2O2/c11-8-4-2-1-3-6(8)7-5-9(14)12-13-10(7)15/h1-5H,(H,12,14)(H,13,15). The van der Waals surface area contributed by atoms with Crippen molar-refractivity contribution in [2.24, 2.45) is 0 Å². The summed E-state index contributed by atoms with van der Waals surface area (Å²) in [5, 5.41) is 4.25. The summed E-state index contributed by atoms with van der Waals surface area (Å²) in [6.45, 7) is 0. The van der Waals surface area contributed by atoms with Crippen LogP contribution in [-0.2, 0) is 0 Å². The highest BCUT2D eigenvalue weighted by Gasteiger charge is 2.08. The molecule has 2 rings (SSSR count). The molecule has 0 atom stereocenters. The van der Waals surface area contributed by atoms with Gasteiger partial charge in [-0.3, -0.25) is 19.8 Å². The number of hydrogen-bond acceptors (Lipinski definition) is 2. The van der Waals surface area contributed by atoms with E-state index in [4.69, 9.17) is 0 Å². The second-order valence-electron chi connectivity index (χ2n) is 2.98. The maximum atomic E-state index is 13.3. The molecule has 0 aliphatic carbocycles. The van der Waals surface area contributed by atoms with Crippen LogP contribution in [0.1, 0.15) is 0 Å². The zero-order chi connectivity index (χ0) is 10.8. The number of hydrogen-bond donors (Lipinski definition) is 2. The van der Waals surface area contributed by atoms with Crippen LogP contribution < -0.4 is 11.1 Å². The van der Waals surface area contributed by atoms with Gasteiger partial charge in [0.2, 0.25) is 0 Å². The maximum Gasteiger partial charge on any atom is 0.270 e. The second kappa shape index (κ2) is 3.53. The topological polar surface area (TPSA) is 65.7 Å².